The fourth-order valence-corrected chi connectivity index (χ4v) is 3.65. The quantitative estimate of drug-likeness (QED) is 0.707. The van der Waals surface area contributed by atoms with Gasteiger partial charge in [-0.1, -0.05) is 18.2 Å². The summed E-state index contributed by atoms with van der Waals surface area (Å²) in [5.74, 6) is -0.111. The molecule has 3 aromatic rings. The van der Waals surface area contributed by atoms with E-state index in [0.717, 1.165) is 41.9 Å². The molecule has 1 atom stereocenters. The number of hydrogen-bond acceptors (Lipinski definition) is 3. The second-order valence-corrected chi connectivity index (χ2v) is 7.05. The number of rotatable bonds is 4. The van der Waals surface area contributed by atoms with E-state index in [1.807, 2.05) is 18.2 Å². The third kappa shape index (κ3) is 4.16. The molecule has 4 rings (SSSR count). The highest BCUT2D eigenvalue weighted by Crippen LogP contribution is 2.32. The van der Waals surface area contributed by atoms with E-state index in [-0.39, 0.29) is 11.9 Å². The Hall–Kier alpha value is -3.16. The van der Waals surface area contributed by atoms with Gasteiger partial charge in [0, 0.05) is 24.9 Å². The van der Waals surface area contributed by atoms with Crippen LogP contribution in [0.4, 0.5) is 13.2 Å². The van der Waals surface area contributed by atoms with Crippen LogP contribution in [-0.4, -0.2) is 32.5 Å². The highest BCUT2D eigenvalue weighted by molar-refractivity contribution is 5.92. The number of H-pyrrole nitrogens is 1. The van der Waals surface area contributed by atoms with E-state index in [1.54, 1.807) is 17.2 Å². The summed E-state index contributed by atoms with van der Waals surface area (Å²) in [6.07, 6.45) is -0.676. The van der Waals surface area contributed by atoms with Crippen LogP contribution in [0.25, 0.3) is 0 Å². The lowest BCUT2D eigenvalue weighted by atomic mass is 10.1. The zero-order valence-electron chi connectivity index (χ0n) is 15.5. The number of carbonyl (C=O) groups excluding carboxylic acids is 1. The molecule has 0 saturated carbocycles. The number of hydrogen-bond donors (Lipinski definition) is 1. The highest BCUT2D eigenvalue weighted by atomic mass is 19.4. The summed E-state index contributed by atoms with van der Waals surface area (Å²) in [6.45, 7) is 0.646. The van der Waals surface area contributed by atoms with Crippen molar-refractivity contribution >= 4 is 5.91 Å². The van der Waals surface area contributed by atoms with E-state index < -0.39 is 11.7 Å². The zero-order chi connectivity index (χ0) is 20.4. The summed E-state index contributed by atoms with van der Waals surface area (Å²) in [6, 6.07) is 12.2. The van der Waals surface area contributed by atoms with Crippen LogP contribution in [-0.2, 0) is 12.6 Å². The number of nitrogens with zero attached hydrogens (tertiary/aromatic N) is 3. The van der Waals surface area contributed by atoms with Gasteiger partial charge >= 0.3 is 6.18 Å². The molecule has 2 aromatic heterocycles. The van der Waals surface area contributed by atoms with Crippen LogP contribution in [0.1, 0.15) is 51.9 Å². The number of likely N-dealkylation sites (tertiary alicyclic amines) is 1. The van der Waals surface area contributed by atoms with Crippen molar-refractivity contribution in [3.63, 3.8) is 0 Å². The number of pyridine rings is 1. The van der Waals surface area contributed by atoms with Crippen molar-refractivity contribution in [3.05, 3.63) is 82.9 Å². The normalized spacial score (nSPS) is 16.9. The van der Waals surface area contributed by atoms with Crippen LogP contribution in [0.5, 0.6) is 0 Å². The first-order chi connectivity index (χ1) is 13.9. The van der Waals surface area contributed by atoms with E-state index in [4.69, 9.17) is 4.98 Å². The minimum atomic E-state index is -4.34. The van der Waals surface area contributed by atoms with Gasteiger partial charge in [-0.3, -0.25) is 14.9 Å². The Labute approximate surface area is 165 Å². The molecule has 1 N–H and O–H groups in total. The fraction of sp³-hybridized carbons (Fsp3) is 0.286. The predicted octanol–water partition coefficient (Wildman–Crippen LogP) is 4.39. The molecule has 1 amide bonds. The summed E-state index contributed by atoms with van der Waals surface area (Å²) < 4.78 is 38.2. The van der Waals surface area contributed by atoms with Crippen LogP contribution in [0.2, 0.25) is 0 Å². The van der Waals surface area contributed by atoms with Gasteiger partial charge in [0.15, 0.2) is 0 Å². The van der Waals surface area contributed by atoms with Crippen molar-refractivity contribution in [2.24, 2.45) is 0 Å². The predicted molar refractivity (Wildman–Crippen MR) is 100 cm³/mol. The van der Waals surface area contributed by atoms with Gasteiger partial charge in [0.25, 0.3) is 5.91 Å². The average Bonchev–Trinajstić information content (AvgIpc) is 3.40. The molecular weight excluding hydrogens is 381 g/mol. The van der Waals surface area contributed by atoms with Crippen LogP contribution in [0.3, 0.4) is 0 Å². The van der Waals surface area contributed by atoms with Gasteiger partial charge in [-0.25, -0.2) is 0 Å². The molecule has 1 aromatic carbocycles. The Morgan fingerprint density at radius 1 is 1.14 bits per heavy atom. The van der Waals surface area contributed by atoms with Crippen molar-refractivity contribution in [1.82, 2.24) is 20.1 Å². The minimum Gasteiger partial charge on any atom is -0.329 e. The molecule has 1 aliphatic rings. The van der Waals surface area contributed by atoms with Gasteiger partial charge in [-0.15, -0.1) is 0 Å². The van der Waals surface area contributed by atoms with Crippen LogP contribution in [0, 0.1) is 0 Å². The zero-order valence-corrected chi connectivity index (χ0v) is 15.5. The third-order valence-corrected chi connectivity index (χ3v) is 5.08. The molecule has 0 spiro atoms. The Morgan fingerprint density at radius 2 is 1.93 bits per heavy atom. The number of amides is 1. The Kier molecular flexibility index (Phi) is 5.08. The van der Waals surface area contributed by atoms with Gasteiger partial charge in [0.1, 0.15) is 5.69 Å². The van der Waals surface area contributed by atoms with E-state index in [2.05, 4.69) is 10.2 Å². The first-order valence-electron chi connectivity index (χ1n) is 9.34. The smallest absolute Gasteiger partial charge is 0.329 e. The summed E-state index contributed by atoms with van der Waals surface area (Å²) >= 11 is 0. The monoisotopic (exact) mass is 400 g/mol. The molecule has 3 heterocycles. The first-order valence-corrected chi connectivity index (χ1v) is 9.34. The number of carbonyl (C=O) groups is 1. The molecule has 29 heavy (non-hydrogen) atoms. The van der Waals surface area contributed by atoms with Gasteiger partial charge in [-0.05, 0) is 48.7 Å². The lowest BCUT2D eigenvalue weighted by Gasteiger charge is -2.24. The lowest BCUT2D eigenvalue weighted by Crippen LogP contribution is -2.31. The van der Waals surface area contributed by atoms with Crippen LogP contribution < -0.4 is 0 Å². The molecule has 5 nitrogen and oxygen atoms in total. The number of alkyl halides is 3. The van der Waals surface area contributed by atoms with Gasteiger partial charge in [0.2, 0.25) is 0 Å². The molecule has 0 radical (unpaired) electrons. The molecule has 0 aliphatic carbocycles. The van der Waals surface area contributed by atoms with Crippen LogP contribution in [0.15, 0.2) is 54.7 Å². The SMILES string of the molecule is O=C(c1ccn[nH]1)N1CCC[C@@H]1c1cccc(Cc2ccc(C(F)(F)F)cc2)n1. The number of aromatic nitrogens is 3. The highest BCUT2D eigenvalue weighted by Gasteiger charge is 2.32. The van der Waals surface area contributed by atoms with Crippen molar-refractivity contribution in [3.8, 4) is 0 Å². The topological polar surface area (TPSA) is 61.9 Å². The Bertz CT molecular complexity index is 984. The second kappa shape index (κ2) is 7.69. The Balaban J connectivity index is 1.52. The molecule has 1 fully saturated rings. The van der Waals surface area contributed by atoms with E-state index in [0.29, 0.717) is 18.7 Å². The summed E-state index contributed by atoms with van der Waals surface area (Å²) in [4.78, 5) is 19.2. The fourth-order valence-electron chi connectivity index (χ4n) is 3.65. The second-order valence-electron chi connectivity index (χ2n) is 7.05. The van der Waals surface area contributed by atoms with Crippen molar-refractivity contribution in [1.29, 1.82) is 0 Å². The van der Waals surface area contributed by atoms with E-state index >= 15 is 0 Å². The van der Waals surface area contributed by atoms with Gasteiger partial charge in [-0.2, -0.15) is 18.3 Å². The van der Waals surface area contributed by atoms with E-state index in [9.17, 15) is 18.0 Å². The largest absolute Gasteiger partial charge is 0.416 e. The molecule has 8 heteroatoms. The molecular formula is C21H19F3N4O. The molecule has 0 unspecified atom stereocenters. The maximum atomic E-state index is 12.7. The van der Waals surface area contributed by atoms with Crippen molar-refractivity contribution in [2.75, 3.05) is 6.54 Å². The van der Waals surface area contributed by atoms with E-state index in [1.165, 1.54) is 12.1 Å². The molecule has 1 aliphatic heterocycles. The number of aromatic amines is 1. The lowest BCUT2D eigenvalue weighted by molar-refractivity contribution is -0.137. The maximum Gasteiger partial charge on any atom is 0.416 e. The standard InChI is InChI=1S/C21H19F3N4O/c22-21(23,24)15-8-6-14(7-9-15)13-16-3-1-4-17(26-16)19-5-2-12-28(19)20(29)18-10-11-25-27-18/h1,3-4,6-11,19H,2,5,12-13H2,(H,25,27)/t19-/m1/s1. The number of halogens is 3. The molecule has 0 bridgehead atoms. The van der Waals surface area contributed by atoms with Gasteiger partial charge < -0.3 is 4.90 Å². The first kappa shape index (κ1) is 19.2. The number of nitrogens with one attached hydrogen (secondary N) is 1. The third-order valence-electron chi connectivity index (χ3n) is 5.08. The van der Waals surface area contributed by atoms with Crippen molar-refractivity contribution < 1.29 is 18.0 Å². The number of benzene rings is 1. The Morgan fingerprint density at radius 3 is 2.62 bits per heavy atom. The van der Waals surface area contributed by atoms with Crippen molar-refractivity contribution in [2.45, 2.75) is 31.5 Å². The molecule has 1 saturated heterocycles. The summed E-state index contributed by atoms with van der Waals surface area (Å²) in [5, 5.41) is 6.54. The maximum absolute atomic E-state index is 12.7. The summed E-state index contributed by atoms with van der Waals surface area (Å²) in [5.41, 5.74) is 2.07. The minimum absolute atomic E-state index is 0.111. The van der Waals surface area contributed by atoms with Crippen LogP contribution >= 0.6 is 0 Å². The summed E-state index contributed by atoms with van der Waals surface area (Å²) in [7, 11) is 0. The van der Waals surface area contributed by atoms with Gasteiger partial charge in [0.05, 0.1) is 17.3 Å². The average molecular weight is 400 g/mol. The molecule has 150 valence electrons.